The second-order valence-corrected chi connectivity index (χ2v) is 3.59. The highest BCUT2D eigenvalue weighted by Gasteiger charge is 2.23. The van der Waals surface area contributed by atoms with Crippen LogP contribution < -0.4 is 5.73 Å². The van der Waals surface area contributed by atoms with E-state index >= 15 is 0 Å². The first-order valence-corrected chi connectivity index (χ1v) is 4.04. The second-order valence-electron chi connectivity index (χ2n) is 3.59. The lowest BCUT2D eigenvalue weighted by Crippen LogP contribution is -2.38. The van der Waals surface area contributed by atoms with Crippen LogP contribution in [0.25, 0.3) is 0 Å². The summed E-state index contributed by atoms with van der Waals surface area (Å²) >= 11 is 0. The van der Waals surface area contributed by atoms with Gasteiger partial charge in [0.15, 0.2) is 0 Å². The summed E-state index contributed by atoms with van der Waals surface area (Å²) in [6.07, 6.45) is 0. The highest BCUT2D eigenvalue weighted by Crippen LogP contribution is 2.20. The molecule has 0 aromatic carbocycles. The smallest absolute Gasteiger partial charge is 0.0769 e. The van der Waals surface area contributed by atoms with Crippen LogP contribution in [0, 0.1) is 13.8 Å². The van der Waals surface area contributed by atoms with Crippen LogP contribution in [0.3, 0.4) is 0 Å². The van der Waals surface area contributed by atoms with Crippen molar-refractivity contribution >= 4 is 0 Å². The third-order valence-electron chi connectivity index (χ3n) is 2.05. The molecule has 0 aliphatic heterocycles. The lowest BCUT2D eigenvalue weighted by atomic mass is 9.98. The molecule has 1 aromatic rings. The third kappa shape index (κ3) is 1.52. The molecule has 1 heterocycles. The average Bonchev–Trinajstić information content (AvgIpc) is 2.31. The molecule has 0 spiro atoms. The Bertz CT molecular complexity index is 276. The normalized spacial score (nSPS) is 16.1. The van der Waals surface area contributed by atoms with Crippen LogP contribution >= 0.6 is 0 Å². The van der Waals surface area contributed by atoms with E-state index in [1.165, 1.54) is 0 Å². The molecular formula is C9H16N2O. The molecule has 0 saturated carbocycles. The van der Waals surface area contributed by atoms with E-state index in [4.69, 9.17) is 10.8 Å². The van der Waals surface area contributed by atoms with Crippen molar-refractivity contribution in [1.82, 2.24) is 4.98 Å². The van der Waals surface area contributed by atoms with Gasteiger partial charge in [0, 0.05) is 11.4 Å². The van der Waals surface area contributed by atoms with Gasteiger partial charge in [-0.2, -0.15) is 0 Å². The number of aryl methyl sites for hydroxylation is 2. The zero-order chi connectivity index (χ0) is 9.35. The predicted molar refractivity (Wildman–Crippen MR) is 48.9 cm³/mol. The van der Waals surface area contributed by atoms with E-state index in [0.29, 0.717) is 0 Å². The zero-order valence-electron chi connectivity index (χ0n) is 7.81. The molecule has 1 rings (SSSR count). The van der Waals surface area contributed by atoms with E-state index in [0.717, 1.165) is 17.0 Å². The molecule has 12 heavy (non-hydrogen) atoms. The molecule has 0 saturated heterocycles. The lowest BCUT2D eigenvalue weighted by molar-refractivity contribution is 0.206. The van der Waals surface area contributed by atoms with Gasteiger partial charge >= 0.3 is 0 Å². The summed E-state index contributed by atoms with van der Waals surface area (Å²) in [5, 5.41) is 9.04. The predicted octanol–water partition coefficient (Wildman–Crippen LogP) is 0.798. The molecule has 0 radical (unpaired) electrons. The van der Waals surface area contributed by atoms with E-state index < -0.39 is 5.54 Å². The fourth-order valence-corrected chi connectivity index (χ4v) is 1.40. The van der Waals surface area contributed by atoms with Crippen molar-refractivity contribution in [3.8, 4) is 0 Å². The molecule has 3 heteroatoms. The van der Waals surface area contributed by atoms with Crippen LogP contribution in [0.2, 0.25) is 0 Å². The van der Waals surface area contributed by atoms with Gasteiger partial charge in [-0.05, 0) is 32.4 Å². The van der Waals surface area contributed by atoms with Gasteiger partial charge in [0.25, 0.3) is 0 Å². The lowest BCUT2D eigenvalue weighted by Gasteiger charge is -2.21. The number of aromatic nitrogens is 1. The number of rotatable bonds is 2. The maximum absolute atomic E-state index is 9.04. The molecule has 0 fully saturated rings. The fraction of sp³-hybridized carbons (Fsp3) is 0.556. The summed E-state index contributed by atoms with van der Waals surface area (Å²) in [5.41, 5.74) is 8.31. The molecule has 3 nitrogen and oxygen atoms in total. The van der Waals surface area contributed by atoms with E-state index in [1.807, 2.05) is 26.8 Å². The van der Waals surface area contributed by atoms with Crippen molar-refractivity contribution in [2.75, 3.05) is 6.61 Å². The van der Waals surface area contributed by atoms with Crippen LogP contribution in [0.15, 0.2) is 6.07 Å². The van der Waals surface area contributed by atoms with Crippen molar-refractivity contribution in [2.24, 2.45) is 5.73 Å². The average molecular weight is 168 g/mol. The van der Waals surface area contributed by atoms with E-state index in [-0.39, 0.29) is 6.61 Å². The van der Waals surface area contributed by atoms with Gasteiger partial charge in [0.2, 0.25) is 0 Å². The first-order chi connectivity index (χ1) is 5.47. The molecule has 0 aliphatic rings. The maximum Gasteiger partial charge on any atom is 0.0769 e. The number of aliphatic hydroxyl groups excluding tert-OH is 1. The first-order valence-electron chi connectivity index (χ1n) is 4.04. The van der Waals surface area contributed by atoms with E-state index in [2.05, 4.69) is 4.98 Å². The Morgan fingerprint density at radius 1 is 1.58 bits per heavy atom. The maximum atomic E-state index is 9.04. The standard InChI is InChI=1S/C9H16N2O/c1-6-4-7(2)11-8(6)9(3,10)5-12/h4,11-12H,5,10H2,1-3H3/t9-/m1/s1. The van der Waals surface area contributed by atoms with Gasteiger partial charge in [-0.25, -0.2) is 0 Å². The topological polar surface area (TPSA) is 62.0 Å². The Labute approximate surface area is 72.6 Å². The summed E-state index contributed by atoms with van der Waals surface area (Å²) in [7, 11) is 0. The van der Waals surface area contributed by atoms with Crippen LogP contribution in [0.5, 0.6) is 0 Å². The van der Waals surface area contributed by atoms with Crippen LogP contribution in [-0.2, 0) is 5.54 Å². The van der Waals surface area contributed by atoms with Crippen molar-refractivity contribution in [2.45, 2.75) is 26.3 Å². The summed E-state index contributed by atoms with van der Waals surface area (Å²) < 4.78 is 0. The number of H-pyrrole nitrogens is 1. The third-order valence-corrected chi connectivity index (χ3v) is 2.05. The van der Waals surface area contributed by atoms with Crippen LogP contribution in [-0.4, -0.2) is 16.7 Å². The van der Waals surface area contributed by atoms with E-state index in [9.17, 15) is 0 Å². The summed E-state index contributed by atoms with van der Waals surface area (Å²) in [6, 6.07) is 2.02. The van der Waals surface area contributed by atoms with Crippen molar-refractivity contribution < 1.29 is 5.11 Å². The highest BCUT2D eigenvalue weighted by molar-refractivity contribution is 5.29. The minimum atomic E-state index is -0.654. The van der Waals surface area contributed by atoms with Crippen molar-refractivity contribution in [3.63, 3.8) is 0 Å². The molecule has 0 bridgehead atoms. The Morgan fingerprint density at radius 3 is 2.50 bits per heavy atom. The monoisotopic (exact) mass is 168 g/mol. The van der Waals surface area contributed by atoms with Gasteiger partial charge in [0.05, 0.1) is 12.1 Å². The Kier molecular flexibility index (Phi) is 2.26. The van der Waals surface area contributed by atoms with Crippen LogP contribution in [0.1, 0.15) is 23.9 Å². The van der Waals surface area contributed by atoms with Gasteiger partial charge in [-0.3, -0.25) is 0 Å². The van der Waals surface area contributed by atoms with Crippen LogP contribution in [0.4, 0.5) is 0 Å². The van der Waals surface area contributed by atoms with Crippen molar-refractivity contribution in [1.29, 1.82) is 0 Å². The number of hydrogen-bond donors (Lipinski definition) is 3. The summed E-state index contributed by atoms with van der Waals surface area (Å²) in [6.45, 7) is 5.72. The number of hydrogen-bond acceptors (Lipinski definition) is 2. The van der Waals surface area contributed by atoms with E-state index in [1.54, 1.807) is 0 Å². The first kappa shape index (κ1) is 9.29. The second kappa shape index (κ2) is 2.92. The molecular weight excluding hydrogens is 152 g/mol. The number of nitrogens with two attached hydrogens (primary N) is 1. The Hall–Kier alpha value is -0.800. The van der Waals surface area contributed by atoms with Gasteiger partial charge in [0.1, 0.15) is 0 Å². The Morgan fingerprint density at radius 2 is 2.17 bits per heavy atom. The van der Waals surface area contributed by atoms with Gasteiger partial charge in [-0.1, -0.05) is 0 Å². The molecule has 0 unspecified atom stereocenters. The SMILES string of the molecule is Cc1cc(C)c([C@](C)(N)CO)[nH]1. The highest BCUT2D eigenvalue weighted by atomic mass is 16.3. The summed E-state index contributed by atoms with van der Waals surface area (Å²) in [5.74, 6) is 0. The minimum absolute atomic E-state index is 0.0478. The number of aromatic amines is 1. The molecule has 1 atom stereocenters. The van der Waals surface area contributed by atoms with Crippen molar-refractivity contribution in [3.05, 3.63) is 23.0 Å². The molecule has 4 N–H and O–H groups in total. The van der Waals surface area contributed by atoms with Gasteiger partial charge in [-0.15, -0.1) is 0 Å². The molecule has 68 valence electrons. The summed E-state index contributed by atoms with van der Waals surface area (Å²) in [4.78, 5) is 3.15. The zero-order valence-corrected chi connectivity index (χ0v) is 7.81. The molecule has 0 aliphatic carbocycles. The fourth-order valence-electron chi connectivity index (χ4n) is 1.40. The molecule has 0 amide bonds. The number of aliphatic hydroxyl groups is 1. The quantitative estimate of drug-likeness (QED) is 0.611. The molecule has 1 aromatic heterocycles. The van der Waals surface area contributed by atoms with Gasteiger partial charge < -0.3 is 15.8 Å². The largest absolute Gasteiger partial charge is 0.394 e. The number of nitrogens with one attached hydrogen (secondary N) is 1. The Balaban J connectivity index is 3.09. The minimum Gasteiger partial charge on any atom is -0.394 e.